The molecule has 42 heavy (non-hydrogen) atoms. The molecule has 230 valence electrons. The molecule has 3 atom stereocenters. The van der Waals surface area contributed by atoms with E-state index in [1.54, 1.807) is 18.3 Å². The lowest BCUT2D eigenvalue weighted by Gasteiger charge is -2.29. The minimum Gasteiger partial charge on any atom is -0.382 e. The molecule has 2 saturated heterocycles. The van der Waals surface area contributed by atoms with Gasteiger partial charge in [0.05, 0.1) is 25.5 Å². The standard InChI is InChI=1S/C27H38ClN7O5S2/c1-42(38,39)34-22(7-4-17-8-10-31-11-9-17)27(37)35-15-20(40-16-18-2-5-19(28)6-3-18)12-23(35)25(36)32-13-21-14-33-26(41-21)24(29)30/h2-3,5-6,14,17,20,22-23,31,34H,4,7-13,15-16H2,1H3,(H3,29,30)(H,32,36)/t20-,22-,23?/m1/s1. The summed E-state index contributed by atoms with van der Waals surface area (Å²) in [6, 6.07) is 5.39. The summed E-state index contributed by atoms with van der Waals surface area (Å²) >= 11 is 7.19. The summed E-state index contributed by atoms with van der Waals surface area (Å²) in [6.07, 6.45) is 5.38. The zero-order valence-electron chi connectivity index (χ0n) is 23.5. The van der Waals surface area contributed by atoms with Crippen molar-refractivity contribution in [2.75, 3.05) is 25.9 Å². The number of nitrogens with one attached hydrogen (secondary N) is 4. The van der Waals surface area contributed by atoms with Gasteiger partial charge >= 0.3 is 0 Å². The number of nitrogen functional groups attached to an aromatic ring is 1. The fraction of sp³-hybridized carbons (Fsp3) is 0.556. The normalized spacial score (nSPS) is 20.4. The minimum atomic E-state index is -3.69. The molecule has 15 heteroatoms. The maximum Gasteiger partial charge on any atom is 0.243 e. The van der Waals surface area contributed by atoms with Gasteiger partial charge in [0.25, 0.3) is 0 Å². The van der Waals surface area contributed by atoms with Crippen molar-refractivity contribution in [1.29, 1.82) is 5.41 Å². The molecule has 2 aromatic rings. The molecule has 0 aliphatic carbocycles. The van der Waals surface area contributed by atoms with Crippen LogP contribution in [0.15, 0.2) is 30.5 Å². The summed E-state index contributed by atoms with van der Waals surface area (Å²) in [5.74, 6) is -0.575. The Labute approximate surface area is 255 Å². The summed E-state index contributed by atoms with van der Waals surface area (Å²) in [6.45, 7) is 2.37. The van der Waals surface area contributed by atoms with E-state index in [1.165, 1.54) is 16.2 Å². The van der Waals surface area contributed by atoms with Crippen LogP contribution in [0.5, 0.6) is 0 Å². The van der Waals surface area contributed by atoms with Crippen molar-refractivity contribution < 1.29 is 22.7 Å². The van der Waals surface area contributed by atoms with Crippen LogP contribution >= 0.6 is 22.9 Å². The third-order valence-corrected chi connectivity index (χ3v) is 9.44. The van der Waals surface area contributed by atoms with Crippen molar-refractivity contribution in [3.63, 3.8) is 0 Å². The Morgan fingerprint density at radius 2 is 2.00 bits per heavy atom. The van der Waals surface area contributed by atoms with E-state index in [9.17, 15) is 18.0 Å². The van der Waals surface area contributed by atoms with Crippen LogP contribution in [-0.2, 0) is 37.5 Å². The number of sulfonamides is 1. The van der Waals surface area contributed by atoms with E-state index in [0.717, 1.165) is 37.8 Å². The third kappa shape index (κ3) is 9.44. The van der Waals surface area contributed by atoms with Crippen LogP contribution in [0.25, 0.3) is 0 Å². The van der Waals surface area contributed by atoms with Gasteiger partial charge in [-0.15, -0.1) is 11.3 Å². The number of halogens is 1. The van der Waals surface area contributed by atoms with E-state index in [1.807, 2.05) is 12.1 Å². The van der Waals surface area contributed by atoms with Crippen LogP contribution < -0.4 is 21.1 Å². The molecule has 2 aliphatic rings. The van der Waals surface area contributed by atoms with Crippen LogP contribution in [0.3, 0.4) is 0 Å². The Hall–Kier alpha value is -2.62. The van der Waals surface area contributed by atoms with Gasteiger partial charge in [-0.2, -0.15) is 0 Å². The molecular weight excluding hydrogens is 602 g/mol. The molecule has 1 aromatic heterocycles. The third-order valence-electron chi connectivity index (χ3n) is 7.44. The van der Waals surface area contributed by atoms with Crippen LogP contribution in [0, 0.1) is 11.3 Å². The van der Waals surface area contributed by atoms with Crippen molar-refractivity contribution >= 4 is 50.6 Å². The lowest BCUT2D eigenvalue weighted by molar-refractivity contribution is -0.140. The first-order chi connectivity index (χ1) is 20.0. The first kappa shape index (κ1) is 32.3. The van der Waals surface area contributed by atoms with Crippen molar-refractivity contribution in [3.8, 4) is 0 Å². The molecule has 6 N–H and O–H groups in total. The summed E-state index contributed by atoms with van der Waals surface area (Å²) in [5.41, 5.74) is 6.40. The Morgan fingerprint density at radius 3 is 2.64 bits per heavy atom. The predicted molar refractivity (Wildman–Crippen MR) is 162 cm³/mol. The van der Waals surface area contributed by atoms with Gasteiger partial charge in [0.2, 0.25) is 21.8 Å². The van der Waals surface area contributed by atoms with Crippen molar-refractivity contribution in [2.45, 2.75) is 63.4 Å². The number of thiazole rings is 1. The molecule has 2 fully saturated rings. The minimum absolute atomic E-state index is 0.148. The number of aromatic nitrogens is 1. The van der Waals surface area contributed by atoms with Gasteiger partial charge in [-0.1, -0.05) is 23.7 Å². The molecule has 0 radical (unpaired) electrons. The molecule has 1 aromatic carbocycles. The molecule has 12 nitrogen and oxygen atoms in total. The van der Waals surface area contributed by atoms with Crippen LogP contribution in [-0.4, -0.2) is 80.0 Å². The quantitative estimate of drug-likeness (QED) is 0.162. The second kappa shape index (κ2) is 14.7. The molecule has 1 unspecified atom stereocenters. The van der Waals surface area contributed by atoms with Crippen LogP contribution in [0.2, 0.25) is 5.02 Å². The van der Waals surface area contributed by atoms with Gasteiger partial charge in [0.15, 0.2) is 10.8 Å². The molecule has 2 amide bonds. The highest BCUT2D eigenvalue weighted by atomic mass is 35.5. The Bertz CT molecular complexity index is 1350. The highest BCUT2D eigenvalue weighted by molar-refractivity contribution is 7.88. The van der Waals surface area contributed by atoms with Crippen LogP contribution in [0.1, 0.15) is 47.6 Å². The Morgan fingerprint density at radius 1 is 1.29 bits per heavy atom. The number of carbonyl (C=O) groups excluding carboxylic acids is 2. The number of nitrogens with zero attached hydrogens (tertiary/aromatic N) is 2. The second-order valence-corrected chi connectivity index (χ2v) is 14.1. The van der Waals surface area contributed by atoms with E-state index in [0.29, 0.717) is 33.7 Å². The van der Waals surface area contributed by atoms with E-state index in [-0.39, 0.29) is 37.9 Å². The van der Waals surface area contributed by atoms with Crippen molar-refractivity contribution in [1.82, 2.24) is 25.2 Å². The fourth-order valence-electron chi connectivity index (χ4n) is 5.27. The topological polar surface area (TPSA) is 180 Å². The number of amides is 2. The maximum absolute atomic E-state index is 13.9. The first-order valence-electron chi connectivity index (χ1n) is 13.9. The number of nitrogens with two attached hydrogens (primary N) is 1. The van der Waals surface area contributed by atoms with Crippen LogP contribution in [0.4, 0.5) is 0 Å². The molecular formula is C27H38ClN7O5S2. The predicted octanol–water partition coefficient (Wildman–Crippen LogP) is 1.58. The van der Waals surface area contributed by atoms with E-state index in [2.05, 4.69) is 20.3 Å². The number of benzene rings is 1. The highest BCUT2D eigenvalue weighted by Crippen LogP contribution is 2.26. The monoisotopic (exact) mass is 639 g/mol. The maximum atomic E-state index is 13.9. The lowest BCUT2D eigenvalue weighted by Crippen LogP contribution is -2.53. The fourth-order valence-corrected chi connectivity index (χ4v) is 6.85. The van der Waals surface area contributed by atoms with Crippen molar-refractivity contribution in [3.05, 3.63) is 50.9 Å². The smallest absolute Gasteiger partial charge is 0.243 e. The average molecular weight is 640 g/mol. The summed E-state index contributed by atoms with van der Waals surface area (Å²) < 4.78 is 33.1. The molecule has 2 aliphatic heterocycles. The van der Waals surface area contributed by atoms with E-state index < -0.39 is 34.1 Å². The number of hydrogen-bond acceptors (Lipinski definition) is 9. The second-order valence-electron chi connectivity index (χ2n) is 10.8. The Balaban J connectivity index is 1.48. The van der Waals surface area contributed by atoms with Gasteiger partial charge in [-0.25, -0.2) is 18.1 Å². The summed E-state index contributed by atoms with van der Waals surface area (Å²) in [7, 11) is -3.69. The zero-order valence-corrected chi connectivity index (χ0v) is 25.9. The van der Waals surface area contributed by atoms with E-state index in [4.69, 9.17) is 27.5 Å². The van der Waals surface area contributed by atoms with Gasteiger partial charge in [-0.3, -0.25) is 15.0 Å². The zero-order chi connectivity index (χ0) is 30.3. The lowest BCUT2D eigenvalue weighted by atomic mass is 9.91. The number of carbonyl (C=O) groups is 2. The first-order valence-corrected chi connectivity index (χ1v) is 17.0. The summed E-state index contributed by atoms with van der Waals surface area (Å²) in [4.78, 5) is 33.6. The van der Waals surface area contributed by atoms with E-state index >= 15 is 0 Å². The van der Waals surface area contributed by atoms with Gasteiger partial charge in [0, 0.05) is 29.1 Å². The van der Waals surface area contributed by atoms with Gasteiger partial charge < -0.3 is 26.0 Å². The highest BCUT2D eigenvalue weighted by Gasteiger charge is 2.42. The molecule has 0 bridgehead atoms. The molecule has 0 saturated carbocycles. The Kier molecular flexibility index (Phi) is 11.3. The SMILES string of the molecule is CS(=O)(=O)N[C@H](CCC1CCNCC1)C(=O)N1C[C@H](OCc2ccc(Cl)cc2)CC1C(=O)NCc1cnc(C(=N)N)s1. The van der Waals surface area contributed by atoms with Crippen molar-refractivity contribution in [2.24, 2.45) is 11.7 Å². The summed E-state index contributed by atoms with van der Waals surface area (Å²) in [5, 5.41) is 14.7. The molecule has 4 rings (SSSR count). The number of amidine groups is 1. The molecule has 3 heterocycles. The van der Waals surface area contributed by atoms with Gasteiger partial charge in [0.1, 0.15) is 12.1 Å². The largest absolute Gasteiger partial charge is 0.382 e. The number of piperidine rings is 1. The number of rotatable bonds is 13. The average Bonchev–Trinajstić information content (AvgIpc) is 3.61. The number of hydrogen-bond donors (Lipinski definition) is 5. The molecule has 0 spiro atoms. The number of likely N-dealkylation sites (tertiary alicyclic amines) is 1. The van der Waals surface area contributed by atoms with Gasteiger partial charge in [-0.05, 0) is 62.4 Å². The number of ether oxygens (including phenoxy) is 1.